The van der Waals surface area contributed by atoms with Crippen molar-refractivity contribution >= 4 is 33.5 Å². The molecule has 0 fully saturated rings. The highest BCUT2D eigenvalue weighted by molar-refractivity contribution is 9.10. The second-order valence-corrected chi connectivity index (χ2v) is 5.21. The molecule has 0 atom stereocenters. The van der Waals surface area contributed by atoms with Crippen LogP contribution in [0, 0.1) is 6.92 Å². The van der Waals surface area contributed by atoms with Crippen molar-refractivity contribution in [3.63, 3.8) is 0 Å². The number of nitrogen functional groups attached to an aromatic ring is 1. The Balaban J connectivity index is 1.93. The van der Waals surface area contributed by atoms with Gasteiger partial charge < -0.3 is 11.1 Å². The maximum Gasteiger partial charge on any atom is 0.257 e. The first-order valence-electron chi connectivity index (χ1n) is 6.16. The average Bonchev–Trinajstić information content (AvgIpc) is 2.96. The van der Waals surface area contributed by atoms with Crippen LogP contribution in [0.1, 0.15) is 5.56 Å². The first-order chi connectivity index (χ1) is 10.1. The molecule has 0 radical (unpaired) electrons. The predicted octanol–water partition coefficient (Wildman–Crippen LogP) is 2.45. The molecule has 0 unspecified atom stereocenters. The zero-order chi connectivity index (χ0) is 14.8. The van der Waals surface area contributed by atoms with E-state index >= 15 is 0 Å². The molecule has 3 N–H and O–H groups in total. The lowest BCUT2D eigenvalue weighted by atomic mass is 10.2. The van der Waals surface area contributed by atoms with Crippen LogP contribution in [0.5, 0.6) is 0 Å². The Hall–Kier alpha value is -2.48. The molecule has 0 aliphatic carbocycles. The summed E-state index contributed by atoms with van der Waals surface area (Å²) in [5, 5.41) is 7.19. The van der Waals surface area contributed by atoms with Crippen molar-refractivity contribution in [1.82, 2.24) is 24.7 Å². The maximum atomic E-state index is 5.72. The van der Waals surface area contributed by atoms with E-state index in [9.17, 15) is 0 Å². The van der Waals surface area contributed by atoms with Gasteiger partial charge in [-0.2, -0.15) is 20.1 Å². The molecular weight excluding hydrogens is 334 g/mol. The van der Waals surface area contributed by atoms with Crippen molar-refractivity contribution in [2.24, 2.45) is 0 Å². The van der Waals surface area contributed by atoms with Gasteiger partial charge in [-0.25, -0.2) is 4.68 Å². The number of nitrogens with one attached hydrogen (secondary N) is 1. The number of aromatic nitrogens is 5. The summed E-state index contributed by atoms with van der Waals surface area (Å²) < 4.78 is 2.57. The van der Waals surface area contributed by atoms with E-state index in [1.807, 2.05) is 25.1 Å². The average molecular weight is 346 g/mol. The minimum atomic E-state index is 0.131. The predicted molar refractivity (Wildman–Crippen MR) is 83.5 cm³/mol. The Labute approximate surface area is 129 Å². The van der Waals surface area contributed by atoms with Gasteiger partial charge in [-0.3, -0.25) is 0 Å². The van der Waals surface area contributed by atoms with E-state index in [2.05, 4.69) is 41.3 Å². The zero-order valence-corrected chi connectivity index (χ0v) is 12.7. The monoisotopic (exact) mass is 345 g/mol. The van der Waals surface area contributed by atoms with Gasteiger partial charge in [0.2, 0.25) is 11.9 Å². The number of nitrogens with zero attached hydrogens (tertiary/aromatic N) is 5. The van der Waals surface area contributed by atoms with Crippen molar-refractivity contribution in [3.8, 4) is 5.95 Å². The molecule has 7 nitrogen and oxygen atoms in total. The molecule has 0 bridgehead atoms. The maximum absolute atomic E-state index is 5.72. The van der Waals surface area contributed by atoms with Crippen molar-refractivity contribution < 1.29 is 0 Å². The summed E-state index contributed by atoms with van der Waals surface area (Å²) in [6.07, 6.45) is 3.38. The van der Waals surface area contributed by atoms with Crippen molar-refractivity contribution in [1.29, 1.82) is 0 Å². The fourth-order valence-electron chi connectivity index (χ4n) is 1.78. The highest BCUT2D eigenvalue weighted by atomic mass is 79.9. The Morgan fingerprint density at radius 3 is 2.81 bits per heavy atom. The number of anilines is 3. The van der Waals surface area contributed by atoms with Crippen LogP contribution in [0.15, 0.2) is 41.1 Å². The normalized spacial score (nSPS) is 10.6. The Bertz CT molecular complexity index is 770. The van der Waals surface area contributed by atoms with Crippen LogP contribution in [0.25, 0.3) is 5.95 Å². The van der Waals surface area contributed by atoms with Crippen LogP contribution >= 0.6 is 15.9 Å². The molecular formula is C13H12BrN7. The van der Waals surface area contributed by atoms with Crippen molar-refractivity contribution in [2.75, 3.05) is 11.1 Å². The van der Waals surface area contributed by atoms with Gasteiger partial charge in [0.05, 0.1) is 0 Å². The van der Waals surface area contributed by atoms with Crippen LogP contribution in [0.2, 0.25) is 0 Å². The van der Waals surface area contributed by atoms with Gasteiger partial charge in [0.15, 0.2) is 0 Å². The van der Waals surface area contributed by atoms with Crippen LogP contribution in [-0.4, -0.2) is 24.7 Å². The number of rotatable bonds is 3. The highest BCUT2D eigenvalue weighted by Gasteiger charge is 2.07. The smallest absolute Gasteiger partial charge is 0.257 e. The number of halogens is 1. The zero-order valence-electron chi connectivity index (χ0n) is 11.2. The van der Waals surface area contributed by atoms with Crippen molar-refractivity contribution in [2.45, 2.75) is 6.92 Å². The summed E-state index contributed by atoms with van der Waals surface area (Å²) in [5.41, 5.74) is 7.70. The first-order valence-corrected chi connectivity index (χ1v) is 6.96. The van der Waals surface area contributed by atoms with Gasteiger partial charge in [-0.1, -0.05) is 15.9 Å². The molecule has 106 valence electrons. The van der Waals surface area contributed by atoms with Gasteiger partial charge in [0.25, 0.3) is 5.95 Å². The van der Waals surface area contributed by atoms with E-state index in [4.69, 9.17) is 5.73 Å². The Morgan fingerprint density at radius 2 is 2.10 bits per heavy atom. The summed E-state index contributed by atoms with van der Waals surface area (Å²) in [6.45, 7) is 2.01. The molecule has 8 heteroatoms. The molecule has 0 aliphatic heterocycles. The van der Waals surface area contributed by atoms with E-state index in [-0.39, 0.29) is 5.95 Å². The lowest BCUT2D eigenvalue weighted by molar-refractivity contribution is 0.801. The quantitative estimate of drug-likeness (QED) is 0.757. The van der Waals surface area contributed by atoms with Crippen LogP contribution in [0.3, 0.4) is 0 Å². The number of hydrogen-bond donors (Lipinski definition) is 2. The Morgan fingerprint density at radius 1 is 1.24 bits per heavy atom. The number of hydrogen-bond acceptors (Lipinski definition) is 6. The van der Waals surface area contributed by atoms with E-state index < -0.39 is 0 Å². The van der Waals surface area contributed by atoms with E-state index in [1.165, 1.54) is 4.68 Å². The fraction of sp³-hybridized carbons (Fsp3) is 0.0769. The van der Waals surface area contributed by atoms with Gasteiger partial charge in [0.1, 0.15) is 0 Å². The van der Waals surface area contributed by atoms with Crippen LogP contribution < -0.4 is 11.1 Å². The second-order valence-electron chi connectivity index (χ2n) is 4.36. The minimum absolute atomic E-state index is 0.131. The van der Waals surface area contributed by atoms with Crippen molar-refractivity contribution in [3.05, 3.63) is 46.7 Å². The Kier molecular flexibility index (Phi) is 3.53. The largest absolute Gasteiger partial charge is 0.368 e. The summed E-state index contributed by atoms with van der Waals surface area (Å²) in [4.78, 5) is 12.4. The van der Waals surface area contributed by atoms with E-state index in [1.54, 1.807) is 18.5 Å². The standard InChI is InChI=1S/C13H12BrN7/c1-8-7-9(3-4-10(8)14)17-12-18-11(15)19-13(20-12)21-6-2-5-16-21/h2-7H,1H3,(H3,15,17,18,19,20). The van der Waals surface area contributed by atoms with E-state index in [0.717, 1.165) is 15.7 Å². The molecule has 0 aliphatic rings. The van der Waals surface area contributed by atoms with Crippen LogP contribution in [0.4, 0.5) is 17.6 Å². The topological polar surface area (TPSA) is 94.5 Å². The van der Waals surface area contributed by atoms with Gasteiger partial charge >= 0.3 is 0 Å². The third kappa shape index (κ3) is 3.00. The number of aryl methyl sites for hydroxylation is 1. The SMILES string of the molecule is Cc1cc(Nc2nc(N)nc(-n3cccn3)n2)ccc1Br. The second kappa shape index (κ2) is 5.49. The minimum Gasteiger partial charge on any atom is -0.368 e. The highest BCUT2D eigenvalue weighted by Crippen LogP contribution is 2.22. The third-order valence-electron chi connectivity index (χ3n) is 2.76. The summed E-state index contributed by atoms with van der Waals surface area (Å²) in [7, 11) is 0. The van der Waals surface area contributed by atoms with Gasteiger partial charge in [-0.15, -0.1) is 0 Å². The lowest BCUT2D eigenvalue weighted by Gasteiger charge is -2.08. The van der Waals surface area contributed by atoms with Crippen LogP contribution in [-0.2, 0) is 0 Å². The van der Waals surface area contributed by atoms with E-state index in [0.29, 0.717) is 11.9 Å². The molecule has 3 rings (SSSR count). The molecule has 0 spiro atoms. The molecule has 21 heavy (non-hydrogen) atoms. The lowest BCUT2D eigenvalue weighted by Crippen LogP contribution is -2.09. The summed E-state index contributed by atoms with van der Waals surface area (Å²) >= 11 is 3.46. The molecule has 0 amide bonds. The molecule has 0 saturated carbocycles. The first kappa shape index (κ1) is 13.5. The molecule has 1 aromatic carbocycles. The summed E-state index contributed by atoms with van der Waals surface area (Å²) in [6, 6.07) is 7.64. The summed E-state index contributed by atoms with van der Waals surface area (Å²) in [5.74, 6) is 0.866. The van der Waals surface area contributed by atoms with Gasteiger partial charge in [0, 0.05) is 22.6 Å². The number of benzene rings is 1. The number of nitrogens with two attached hydrogens (primary N) is 1. The molecule has 2 aromatic heterocycles. The molecule has 3 aromatic rings. The molecule has 2 heterocycles. The van der Waals surface area contributed by atoms with Gasteiger partial charge in [-0.05, 0) is 36.8 Å². The molecule has 0 saturated heterocycles. The third-order valence-corrected chi connectivity index (χ3v) is 3.65. The fourth-order valence-corrected chi connectivity index (χ4v) is 2.02.